The van der Waals surface area contributed by atoms with Gasteiger partial charge in [-0.3, -0.25) is 0 Å². The van der Waals surface area contributed by atoms with Gasteiger partial charge in [-0.25, -0.2) is 9.59 Å². The first kappa shape index (κ1) is 21.2. The van der Waals surface area contributed by atoms with Gasteiger partial charge in [0.1, 0.15) is 13.2 Å². The lowest BCUT2D eigenvalue weighted by Gasteiger charge is -2.08. The number of aliphatic hydroxyl groups is 2. The predicted octanol–water partition coefficient (Wildman–Crippen LogP) is 3.32. The molecule has 0 bridgehead atoms. The average Bonchev–Trinajstić information content (AvgIpc) is 2.81. The first-order valence-electron chi connectivity index (χ1n) is 9.49. The van der Waals surface area contributed by atoms with Gasteiger partial charge in [-0.1, -0.05) is 48.5 Å². The van der Waals surface area contributed by atoms with Gasteiger partial charge < -0.3 is 19.7 Å². The molecule has 0 aliphatic heterocycles. The fourth-order valence-electron chi connectivity index (χ4n) is 2.90. The third kappa shape index (κ3) is 5.31. The number of carbonyl (C=O) groups excluding carboxylic acids is 2. The minimum absolute atomic E-state index is 0.0210. The molecule has 3 aromatic rings. The molecule has 0 heterocycles. The molecule has 0 amide bonds. The van der Waals surface area contributed by atoms with Crippen LogP contribution in [0.2, 0.25) is 0 Å². The molecule has 3 rings (SSSR count). The third-order valence-electron chi connectivity index (χ3n) is 4.44. The van der Waals surface area contributed by atoms with Gasteiger partial charge in [-0.15, -0.1) is 0 Å². The number of carbonyl (C=O) groups is 2. The zero-order valence-corrected chi connectivity index (χ0v) is 16.3. The molecule has 154 valence electrons. The standard InChI is InChI=1S/C24H22O6/c25-13-15-29-23(27)21-9-5-19(6-10-21)17-1-2-18(4-3-17)20-7-11-22(12-8-20)24(28)30-16-14-26/h1-12,25-26H,13-16H2. The summed E-state index contributed by atoms with van der Waals surface area (Å²) in [6, 6.07) is 22.1. The van der Waals surface area contributed by atoms with E-state index in [1.807, 2.05) is 48.5 Å². The molecule has 6 heteroatoms. The smallest absolute Gasteiger partial charge is 0.338 e. The van der Waals surface area contributed by atoms with Crippen molar-refractivity contribution < 1.29 is 29.3 Å². The highest BCUT2D eigenvalue weighted by atomic mass is 16.5. The Morgan fingerprint density at radius 2 is 0.800 bits per heavy atom. The molecule has 0 saturated heterocycles. The molecule has 30 heavy (non-hydrogen) atoms. The van der Waals surface area contributed by atoms with E-state index in [2.05, 4.69) is 0 Å². The van der Waals surface area contributed by atoms with E-state index >= 15 is 0 Å². The molecule has 2 N–H and O–H groups in total. The maximum absolute atomic E-state index is 11.8. The largest absolute Gasteiger partial charge is 0.460 e. The number of hydrogen-bond donors (Lipinski definition) is 2. The Hall–Kier alpha value is -3.48. The van der Waals surface area contributed by atoms with Crippen LogP contribution < -0.4 is 0 Å². The average molecular weight is 406 g/mol. The summed E-state index contributed by atoms with van der Waals surface area (Å²) < 4.78 is 9.80. The monoisotopic (exact) mass is 406 g/mol. The fraction of sp³-hybridized carbons (Fsp3) is 0.167. The summed E-state index contributed by atoms with van der Waals surface area (Å²) in [7, 11) is 0. The van der Waals surface area contributed by atoms with Crippen LogP contribution in [0, 0.1) is 0 Å². The maximum atomic E-state index is 11.8. The van der Waals surface area contributed by atoms with Crippen LogP contribution in [0.4, 0.5) is 0 Å². The van der Waals surface area contributed by atoms with Gasteiger partial charge in [0, 0.05) is 0 Å². The van der Waals surface area contributed by atoms with Gasteiger partial charge >= 0.3 is 11.9 Å². The normalized spacial score (nSPS) is 10.5. The molecule has 3 aromatic carbocycles. The van der Waals surface area contributed by atoms with Crippen molar-refractivity contribution >= 4 is 11.9 Å². The van der Waals surface area contributed by atoms with E-state index in [1.54, 1.807) is 24.3 Å². The van der Waals surface area contributed by atoms with Crippen LogP contribution in [0.25, 0.3) is 22.3 Å². The summed E-state index contributed by atoms with van der Waals surface area (Å²) >= 11 is 0. The minimum Gasteiger partial charge on any atom is -0.460 e. The summed E-state index contributed by atoms with van der Waals surface area (Å²) in [5.41, 5.74) is 4.78. The van der Waals surface area contributed by atoms with Crippen molar-refractivity contribution in [1.82, 2.24) is 0 Å². The lowest BCUT2D eigenvalue weighted by molar-refractivity contribution is 0.0427. The molecule has 0 aliphatic rings. The van der Waals surface area contributed by atoms with Gasteiger partial charge in [0.05, 0.1) is 24.3 Å². The van der Waals surface area contributed by atoms with Crippen molar-refractivity contribution in [3.8, 4) is 22.3 Å². The van der Waals surface area contributed by atoms with Gasteiger partial charge in [0.2, 0.25) is 0 Å². The van der Waals surface area contributed by atoms with Crippen LogP contribution in [-0.4, -0.2) is 48.6 Å². The van der Waals surface area contributed by atoms with E-state index in [-0.39, 0.29) is 26.4 Å². The second-order valence-electron chi connectivity index (χ2n) is 6.45. The Labute approximate surface area is 174 Å². The zero-order chi connectivity index (χ0) is 21.3. The zero-order valence-electron chi connectivity index (χ0n) is 16.3. The summed E-state index contributed by atoms with van der Waals surface area (Å²) in [5.74, 6) is -0.927. The highest BCUT2D eigenvalue weighted by molar-refractivity contribution is 5.90. The van der Waals surface area contributed by atoms with Gasteiger partial charge in [0.25, 0.3) is 0 Å². The Kier molecular flexibility index (Phi) is 7.32. The van der Waals surface area contributed by atoms with Gasteiger partial charge in [-0.05, 0) is 46.5 Å². The van der Waals surface area contributed by atoms with Gasteiger partial charge in [0.15, 0.2) is 0 Å². The molecule has 0 radical (unpaired) electrons. The van der Waals surface area contributed by atoms with Crippen molar-refractivity contribution in [2.75, 3.05) is 26.4 Å². The lowest BCUT2D eigenvalue weighted by Crippen LogP contribution is -2.08. The van der Waals surface area contributed by atoms with E-state index in [0.717, 1.165) is 22.3 Å². The van der Waals surface area contributed by atoms with E-state index < -0.39 is 11.9 Å². The Balaban J connectivity index is 1.69. The van der Waals surface area contributed by atoms with Crippen LogP contribution >= 0.6 is 0 Å². The molecule has 6 nitrogen and oxygen atoms in total. The number of benzene rings is 3. The molecule has 0 aliphatic carbocycles. The number of ether oxygens (including phenoxy) is 2. The van der Waals surface area contributed by atoms with E-state index in [9.17, 15) is 9.59 Å². The number of aliphatic hydroxyl groups excluding tert-OH is 2. The second kappa shape index (κ2) is 10.3. The summed E-state index contributed by atoms with van der Waals surface area (Å²) in [5, 5.41) is 17.4. The van der Waals surface area contributed by atoms with Crippen LogP contribution in [0.1, 0.15) is 20.7 Å². The fourth-order valence-corrected chi connectivity index (χ4v) is 2.90. The van der Waals surface area contributed by atoms with Crippen molar-refractivity contribution in [3.63, 3.8) is 0 Å². The van der Waals surface area contributed by atoms with E-state index in [1.165, 1.54) is 0 Å². The highest BCUT2D eigenvalue weighted by Gasteiger charge is 2.09. The Morgan fingerprint density at radius 3 is 1.07 bits per heavy atom. The lowest BCUT2D eigenvalue weighted by atomic mass is 9.99. The molecule has 0 unspecified atom stereocenters. The summed E-state index contributed by atoms with van der Waals surface area (Å²) in [6.07, 6.45) is 0. The molecular weight excluding hydrogens is 384 g/mol. The SMILES string of the molecule is O=C(OCCO)c1ccc(-c2ccc(-c3ccc(C(=O)OCCO)cc3)cc2)cc1. The second-order valence-corrected chi connectivity index (χ2v) is 6.45. The first-order valence-corrected chi connectivity index (χ1v) is 9.49. The Morgan fingerprint density at radius 1 is 0.533 bits per heavy atom. The maximum Gasteiger partial charge on any atom is 0.338 e. The number of esters is 2. The quantitative estimate of drug-likeness (QED) is 0.558. The van der Waals surface area contributed by atoms with E-state index in [4.69, 9.17) is 19.7 Å². The van der Waals surface area contributed by atoms with E-state index in [0.29, 0.717) is 11.1 Å². The van der Waals surface area contributed by atoms with Crippen LogP contribution in [-0.2, 0) is 9.47 Å². The van der Waals surface area contributed by atoms with Crippen molar-refractivity contribution in [2.24, 2.45) is 0 Å². The van der Waals surface area contributed by atoms with Crippen molar-refractivity contribution in [3.05, 3.63) is 83.9 Å². The third-order valence-corrected chi connectivity index (χ3v) is 4.44. The van der Waals surface area contributed by atoms with Crippen molar-refractivity contribution in [2.45, 2.75) is 0 Å². The molecular formula is C24H22O6. The van der Waals surface area contributed by atoms with Crippen LogP contribution in [0.5, 0.6) is 0 Å². The molecule has 0 atom stereocenters. The molecule has 0 fully saturated rings. The minimum atomic E-state index is -0.463. The number of rotatable bonds is 8. The van der Waals surface area contributed by atoms with Crippen LogP contribution in [0.15, 0.2) is 72.8 Å². The van der Waals surface area contributed by atoms with Crippen LogP contribution in [0.3, 0.4) is 0 Å². The topological polar surface area (TPSA) is 93.1 Å². The summed E-state index contributed by atoms with van der Waals surface area (Å²) in [4.78, 5) is 23.6. The molecule has 0 aromatic heterocycles. The predicted molar refractivity (Wildman–Crippen MR) is 112 cm³/mol. The first-order chi connectivity index (χ1) is 14.6. The molecule has 0 saturated carbocycles. The highest BCUT2D eigenvalue weighted by Crippen LogP contribution is 2.25. The van der Waals surface area contributed by atoms with Crippen molar-refractivity contribution in [1.29, 1.82) is 0 Å². The Bertz CT molecular complexity index is 893. The molecule has 0 spiro atoms. The summed E-state index contributed by atoms with van der Waals surface area (Å²) in [6.45, 7) is -0.445. The van der Waals surface area contributed by atoms with Gasteiger partial charge in [-0.2, -0.15) is 0 Å². The number of hydrogen-bond acceptors (Lipinski definition) is 6.